The van der Waals surface area contributed by atoms with E-state index in [-0.39, 0.29) is 24.8 Å². The van der Waals surface area contributed by atoms with Crippen molar-refractivity contribution < 1.29 is 0 Å². The quantitative estimate of drug-likeness (QED) is 0.897. The number of hydrogen-bond donors (Lipinski definition) is 1. The van der Waals surface area contributed by atoms with E-state index in [1.807, 2.05) is 6.07 Å². The van der Waals surface area contributed by atoms with E-state index >= 15 is 0 Å². The van der Waals surface area contributed by atoms with Gasteiger partial charge in [0.05, 0.1) is 4.34 Å². The van der Waals surface area contributed by atoms with Gasteiger partial charge in [-0.05, 0) is 18.6 Å². The van der Waals surface area contributed by atoms with Gasteiger partial charge < -0.3 is 5.32 Å². The third kappa shape index (κ3) is 4.87. The molecule has 106 valence electrons. The molecule has 0 bridgehead atoms. The van der Waals surface area contributed by atoms with Crippen molar-refractivity contribution in [3.8, 4) is 0 Å². The highest BCUT2D eigenvalue weighted by atomic mass is 35.5. The number of thiophene rings is 1. The number of hydrogen-bond acceptors (Lipinski definition) is 3. The highest BCUT2D eigenvalue weighted by Gasteiger charge is 2.22. The van der Waals surface area contributed by atoms with Gasteiger partial charge in [0.1, 0.15) is 0 Å². The van der Waals surface area contributed by atoms with Crippen molar-refractivity contribution in [2.24, 2.45) is 0 Å². The predicted octanol–water partition coefficient (Wildman–Crippen LogP) is 3.99. The zero-order valence-corrected chi connectivity index (χ0v) is 13.7. The highest BCUT2D eigenvalue weighted by molar-refractivity contribution is 7.16. The van der Waals surface area contributed by atoms with Crippen molar-refractivity contribution in [3.63, 3.8) is 0 Å². The third-order valence-corrected chi connectivity index (χ3v) is 4.41. The summed E-state index contributed by atoms with van der Waals surface area (Å²) in [5.41, 5.74) is 0. The van der Waals surface area contributed by atoms with Crippen LogP contribution in [-0.4, -0.2) is 31.1 Å². The lowest BCUT2D eigenvalue weighted by Crippen LogP contribution is -2.44. The monoisotopic (exact) mass is 330 g/mol. The van der Waals surface area contributed by atoms with Crippen LogP contribution in [0.4, 0.5) is 0 Å². The van der Waals surface area contributed by atoms with Crippen LogP contribution in [0.25, 0.3) is 0 Å². The number of nitrogens with one attached hydrogen (secondary N) is 1. The first kappa shape index (κ1) is 18.5. The first-order valence-corrected chi connectivity index (χ1v) is 7.20. The number of nitrogens with zero attached hydrogens (tertiary/aromatic N) is 1. The van der Waals surface area contributed by atoms with E-state index in [4.69, 9.17) is 11.6 Å². The lowest BCUT2D eigenvalue weighted by molar-refractivity contribution is 0.167. The van der Waals surface area contributed by atoms with Gasteiger partial charge in [-0.25, -0.2) is 0 Å². The van der Waals surface area contributed by atoms with Crippen LogP contribution in [0.2, 0.25) is 4.34 Å². The molecule has 0 aromatic carbocycles. The van der Waals surface area contributed by atoms with Crippen molar-refractivity contribution in [2.45, 2.75) is 25.8 Å². The lowest BCUT2D eigenvalue weighted by Gasteiger charge is -2.34. The molecule has 1 atom stereocenters. The van der Waals surface area contributed by atoms with Crippen LogP contribution in [0, 0.1) is 0 Å². The van der Waals surface area contributed by atoms with E-state index in [2.05, 4.69) is 23.2 Å². The maximum Gasteiger partial charge on any atom is 0.0931 e. The van der Waals surface area contributed by atoms with Crippen LogP contribution >= 0.6 is 47.8 Å². The minimum absolute atomic E-state index is 0. The molecule has 0 radical (unpaired) electrons. The van der Waals surface area contributed by atoms with Crippen molar-refractivity contribution in [1.29, 1.82) is 0 Å². The second kappa shape index (κ2) is 9.40. The molecule has 0 unspecified atom stereocenters. The molecule has 2 rings (SSSR count). The van der Waals surface area contributed by atoms with Gasteiger partial charge in [0, 0.05) is 37.1 Å². The second-order valence-corrected chi connectivity index (χ2v) is 5.98. The van der Waals surface area contributed by atoms with Gasteiger partial charge in [0.15, 0.2) is 0 Å². The summed E-state index contributed by atoms with van der Waals surface area (Å²) in [5.74, 6) is 0. The normalized spacial score (nSPS) is 17.7. The molecule has 1 fully saturated rings. The SMILES string of the molecule is CCC[C@H](c1ccc(Cl)s1)N1CCNCC1.Cl.Cl. The molecule has 2 heterocycles. The van der Waals surface area contributed by atoms with Gasteiger partial charge in [-0.15, -0.1) is 36.2 Å². The molecule has 1 aliphatic rings. The Hall–Kier alpha value is 0.490. The molecule has 2 nitrogen and oxygen atoms in total. The molecule has 6 heteroatoms. The van der Waals surface area contributed by atoms with Gasteiger partial charge in [-0.2, -0.15) is 0 Å². The predicted molar refractivity (Wildman–Crippen MR) is 85.9 cm³/mol. The average Bonchev–Trinajstić information content (AvgIpc) is 2.74. The Morgan fingerprint density at radius 2 is 2.00 bits per heavy atom. The highest BCUT2D eigenvalue weighted by Crippen LogP contribution is 2.33. The minimum atomic E-state index is 0. The van der Waals surface area contributed by atoms with Crippen molar-refractivity contribution in [2.75, 3.05) is 26.2 Å². The molecular weight excluding hydrogens is 311 g/mol. The van der Waals surface area contributed by atoms with Gasteiger partial charge in [0.25, 0.3) is 0 Å². The van der Waals surface area contributed by atoms with Crippen LogP contribution in [0.15, 0.2) is 12.1 Å². The molecule has 1 saturated heterocycles. The largest absolute Gasteiger partial charge is 0.314 e. The van der Waals surface area contributed by atoms with Crippen molar-refractivity contribution in [3.05, 3.63) is 21.3 Å². The maximum atomic E-state index is 6.03. The smallest absolute Gasteiger partial charge is 0.0931 e. The van der Waals surface area contributed by atoms with Crippen molar-refractivity contribution in [1.82, 2.24) is 10.2 Å². The van der Waals surface area contributed by atoms with Gasteiger partial charge in [-0.3, -0.25) is 4.90 Å². The summed E-state index contributed by atoms with van der Waals surface area (Å²) in [6.07, 6.45) is 2.46. The van der Waals surface area contributed by atoms with Crippen LogP contribution in [0.5, 0.6) is 0 Å². The lowest BCUT2D eigenvalue weighted by atomic mass is 10.1. The summed E-state index contributed by atoms with van der Waals surface area (Å²) in [6, 6.07) is 4.78. The first-order valence-electron chi connectivity index (χ1n) is 6.01. The Morgan fingerprint density at radius 1 is 1.33 bits per heavy atom. The Labute approximate surface area is 131 Å². The Bertz CT molecular complexity index is 327. The molecule has 1 aromatic heterocycles. The van der Waals surface area contributed by atoms with Crippen LogP contribution in [-0.2, 0) is 0 Å². The van der Waals surface area contributed by atoms with Crippen molar-refractivity contribution >= 4 is 47.8 Å². The summed E-state index contributed by atoms with van der Waals surface area (Å²) in [7, 11) is 0. The minimum Gasteiger partial charge on any atom is -0.314 e. The summed E-state index contributed by atoms with van der Waals surface area (Å²) in [5, 5.41) is 3.40. The fourth-order valence-corrected chi connectivity index (χ4v) is 3.51. The van der Waals surface area contributed by atoms with Gasteiger partial charge >= 0.3 is 0 Å². The molecular formula is C12H21Cl3N2S. The number of rotatable bonds is 4. The fourth-order valence-electron chi connectivity index (χ4n) is 2.28. The second-order valence-electron chi connectivity index (χ2n) is 4.23. The molecule has 1 N–H and O–H groups in total. The number of halogens is 3. The molecule has 1 aromatic rings. The van der Waals surface area contributed by atoms with E-state index < -0.39 is 0 Å². The molecule has 1 aliphatic heterocycles. The van der Waals surface area contributed by atoms with E-state index in [1.54, 1.807) is 11.3 Å². The maximum absolute atomic E-state index is 6.03. The summed E-state index contributed by atoms with van der Waals surface area (Å²) in [6.45, 7) is 6.78. The number of piperazine rings is 1. The molecule has 0 saturated carbocycles. The van der Waals surface area contributed by atoms with Gasteiger partial charge in [-0.1, -0.05) is 24.9 Å². The van der Waals surface area contributed by atoms with Crippen LogP contribution in [0.1, 0.15) is 30.7 Å². The molecule has 0 spiro atoms. The van der Waals surface area contributed by atoms with E-state index in [1.165, 1.54) is 17.7 Å². The summed E-state index contributed by atoms with van der Waals surface area (Å²) < 4.78 is 0.909. The molecule has 0 amide bonds. The Kier molecular flexibility index (Phi) is 9.66. The zero-order valence-electron chi connectivity index (χ0n) is 10.5. The molecule has 0 aliphatic carbocycles. The van der Waals surface area contributed by atoms with Crippen LogP contribution in [0.3, 0.4) is 0 Å². The Balaban J connectivity index is 0.00000144. The van der Waals surface area contributed by atoms with Crippen LogP contribution < -0.4 is 5.32 Å². The summed E-state index contributed by atoms with van der Waals surface area (Å²) >= 11 is 7.76. The first-order chi connectivity index (χ1) is 7.81. The Morgan fingerprint density at radius 3 is 2.50 bits per heavy atom. The average molecular weight is 332 g/mol. The topological polar surface area (TPSA) is 15.3 Å². The van der Waals surface area contributed by atoms with E-state index in [9.17, 15) is 0 Å². The zero-order chi connectivity index (χ0) is 11.4. The van der Waals surface area contributed by atoms with E-state index in [0.717, 1.165) is 30.5 Å². The standard InChI is InChI=1S/C12H19ClN2S.2ClH/c1-2-3-10(11-4-5-12(13)16-11)15-8-6-14-7-9-15;;/h4-5,10,14H,2-3,6-9H2,1H3;2*1H/t10-;;/m1../s1. The fraction of sp³-hybridized carbons (Fsp3) is 0.667. The van der Waals surface area contributed by atoms with E-state index in [0.29, 0.717) is 6.04 Å². The molecule has 18 heavy (non-hydrogen) atoms. The van der Waals surface area contributed by atoms with Gasteiger partial charge in [0.2, 0.25) is 0 Å². The third-order valence-electron chi connectivity index (χ3n) is 3.08. The summed E-state index contributed by atoms with van der Waals surface area (Å²) in [4.78, 5) is 4.01.